The molecule has 0 amide bonds. The molecule has 2 rings (SSSR count). The molecule has 15 heavy (non-hydrogen) atoms. The van der Waals surface area contributed by atoms with Crippen LogP contribution in [-0.4, -0.2) is 26.1 Å². The van der Waals surface area contributed by atoms with Crippen molar-refractivity contribution in [1.29, 1.82) is 0 Å². The molecule has 5 nitrogen and oxygen atoms in total. The summed E-state index contributed by atoms with van der Waals surface area (Å²) in [7, 11) is 0. The summed E-state index contributed by atoms with van der Waals surface area (Å²) in [6, 6.07) is 9.34. The highest BCUT2D eigenvalue weighted by Gasteiger charge is 2.05. The van der Waals surface area contributed by atoms with Crippen molar-refractivity contribution < 1.29 is 9.90 Å². The number of carboxylic acid groups (broad SMARTS) is 1. The summed E-state index contributed by atoms with van der Waals surface area (Å²) in [5.74, 6) is -0.907. The van der Waals surface area contributed by atoms with Gasteiger partial charge in [0.25, 0.3) is 0 Å². The van der Waals surface area contributed by atoms with Crippen LogP contribution < -0.4 is 0 Å². The fraction of sp³-hybridized carbons (Fsp3) is 0.100. The zero-order valence-electron chi connectivity index (χ0n) is 7.87. The van der Waals surface area contributed by atoms with Crippen LogP contribution in [-0.2, 0) is 11.2 Å². The van der Waals surface area contributed by atoms with Crippen LogP contribution in [0.4, 0.5) is 0 Å². The second-order valence-electron chi connectivity index (χ2n) is 3.03. The number of aliphatic carboxylic acids is 1. The highest BCUT2D eigenvalue weighted by Crippen LogP contribution is 2.04. The molecule has 76 valence electrons. The third-order valence-electron chi connectivity index (χ3n) is 1.86. The lowest BCUT2D eigenvalue weighted by atomic mass is 10.3. The van der Waals surface area contributed by atoms with E-state index in [-0.39, 0.29) is 6.42 Å². The molecule has 0 radical (unpaired) electrons. The number of nitrogens with zero attached hydrogens (tertiary/aromatic N) is 3. The molecule has 0 aliphatic rings. The lowest BCUT2D eigenvalue weighted by Gasteiger charge is -1.96. The second kappa shape index (κ2) is 3.91. The van der Waals surface area contributed by atoms with Gasteiger partial charge in [-0.05, 0) is 12.1 Å². The first-order valence-electron chi connectivity index (χ1n) is 4.44. The quantitative estimate of drug-likeness (QED) is 0.804. The van der Waals surface area contributed by atoms with Crippen molar-refractivity contribution >= 4 is 5.97 Å². The molecule has 0 aliphatic carbocycles. The zero-order valence-corrected chi connectivity index (χ0v) is 7.87. The van der Waals surface area contributed by atoms with Crippen LogP contribution >= 0.6 is 0 Å². The van der Waals surface area contributed by atoms with E-state index in [2.05, 4.69) is 10.2 Å². The monoisotopic (exact) mass is 203 g/mol. The Kier molecular flexibility index (Phi) is 2.45. The first kappa shape index (κ1) is 9.39. The molecule has 0 fully saturated rings. The average molecular weight is 203 g/mol. The predicted octanol–water partition coefficient (Wildman–Crippen LogP) is 0.894. The van der Waals surface area contributed by atoms with Gasteiger partial charge in [-0.15, -0.1) is 0 Å². The van der Waals surface area contributed by atoms with Crippen LogP contribution in [0.1, 0.15) is 5.69 Å². The number of carbonyl (C=O) groups is 1. The van der Waals surface area contributed by atoms with Crippen molar-refractivity contribution in [3.05, 3.63) is 42.2 Å². The zero-order chi connectivity index (χ0) is 10.7. The molecule has 0 saturated carbocycles. The lowest BCUT2D eigenvalue weighted by Crippen LogP contribution is -2.02. The Labute approximate surface area is 86.0 Å². The highest BCUT2D eigenvalue weighted by molar-refractivity contribution is 5.69. The van der Waals surface area contributed by atoms with Gasteiger partial charge in [0.15, 0.2) is 0 Å². The molecule has 0 bridgehead atoms. The minimum absolute atomic E-state index is 0.104. The minimum Gasteiger partial charge on any atom is -0.481 e. The third-order valence-corrected chi connectivity index (χ3v) is 1.86. The number of para-hydroxylation sites is 1. The summed E-state index contributed by atoms with van der Waals surface area (Å²) in [6.45, 7) is 0. The van der Waals surface area contributed by atoms with Gasteiger partial charge in [-0.2, -0.15) is 15.0 Å². The van der Waals surface area contributed by atoms with E-state index in [1.165, 1.54) is 11.0 Å². The summed E-state index contributed by atoms with van der Waals surface area (Å²) in [5.41, 5.74) is 1.26. The molecule has 0 atom stereocenters. The Morgan fingerprint density at radius 2 is 2.07 bits per heavy atom. The number of hydrogen-bond donors (Lipinski definition) is 1. The van der Waals surface area contributed by atoms with Crippen LogP contribution in [0.2, 0.25) is 0 Å². The van der Waals surface area contributed by atoms with Crippen molar-refractivity contribution in [1.82, 2.24) is 15.0 Å². The molecule has 1 heterocycles. The predicted molar refractivity (Wildman–Crippen MR) is 52.7 cm³/mol. The van der Waals surface area contributed by atoms with E-state index in [1.54, 1.807) is 0 Å². The van der Waals surface area contributed by atoms with Gasteiger partial charge in [0.05, 0.1) is 24.0 Å². The van der Waals surface area contributed by atoms with Gasteiger partial charge in [-0.25, -0.2) is 0 Å². The molecule has 0 saturated heterocycles. The lowest BCUT2D eigenvalue weighted by molar-refractivity contribution is -0.136. The van der Waals surface area contributed by atoms with Crippen LogP contribution in [0.3, 0.4) is 0 Å². The highest BCUT2D eigenvalue weighted by atomic mass is 16.4. The van der Waals surface area contributed by atoms with Crippen LogP contribution in [0.5, 0.6) is 0 Å². The normalized spacial score (nSPS) is 10.1. The first-order chi connectivity index (χ1) is 7.25. The van der Waals surface area contributed by atoms with E-state index in [0.29, 0.717) is 5.69 Å². The molecular weight excluding hydrogens is 194 g/mol. The minimum atomic E-state index is -0.907. The SMILES string of the molecule is O=C(O)Cc1cnn(-c2ccccc2)n1. The molecular formula is C10H9N3O2. The van der Waals surface area contributed by atoms with E-state index < -0.39 is 5.97 Å². The molecule has 0 unspecified atom stereocenters. The van der Waals surface area contributed by atoms with Crippen LogP contribution in [0.15, 0.2) is 36.5 Å². The van der Waals surface area contributed by atoms with Crippen molar-refractivity contribution in [3.63, 3.8) is 0 Å². The number of carboxylic acids is 1. The van der Waals surface area contributed by atoms with Crippen molar-refractivity contribution in [2.24, 2.45) is 0 Å². The van der Waals surface area contributed by atoms with Gasteiger partial charge >= 0.3 is 5.97 Å². The Morgan fingerprint density at radius 3 is 2.73 bits per heavy atom. The number of aromatic nitrogens is 3. The molecule has 1 N–H and O–H groups in total. The van der Waals surface area contributed by atoms with Crippen molar-refractivity contribution in [2.75, 3.05) is 0 Å². The maximum Gasteiger partial charge on any atom is 0.309 e. The summed E-state index contributed by atoms with van der Waals surface area (Å²) in [5, 5.41) is 16.6. The average Bonchev–Trinajstić information content (AvgIpc) is 2.67. The smallest absolute Gasteiger partial charge is 0.309 e. The molecule has 0 spiro atoms. The maximum atomic E-state index is 10.4. The summed E-state index contributed by atoms with van der Waals surface area (Å²) < 4.78 is 0. The van der Waals surface area contributed by atoms with E-state index >= 15 is 0 Å². The van der Waals surface area contributed by atoms with Crippen LogP contribution in [0.25, 0.3) is 5.69 Å². The fourth-order valence-corrected chi connectivity index (χ4v) is 1.22. The Bertz CT molecular complexity index is 465. The van der Waals surface area contributed by atoms with Crippen molar-refractivity contribution in [3.8, 4) is 5.69 Å². The Hall–Kier alpha value is -2.17. The van der Waals surface area contributed by atoms with Gasteiger partial charge in [0, 0.05) is 0 Å². The van der Waals surface area contributed by atoms with Crippen molar-refractivity contribution in [2.45, 2.75) is 6.42 Å². The van der Waals surface area contributed by atoms with Gasteiger partial charge < -0.3 is 5.11 Å². The Balaban J connectivity index is 2.24. The van der Waals surface area contributed by atoms with Gasteiger partial charge in [-0.3, -0.25) is 4.79 Å². The molecule has 0 aliphatic heterocycles. The summed E-state index contributed by atoms with van der Waals surface area (Å²) in [6.07, 6.45) is 1.36. The molecule has 2 aromatic rings. The first-order valence-corrected chi connectivity index (χ1v) is 4.44. The Morgan fingerprint density at radius 1 is 1.33 bits per heavy atom. The van der Waals surface area contributed by atoms with E-state index in [9.17, 15) is 4.79 Å². The van der Waals surface area contributed by atoms with Gasteiger partial charge in [0.2, 0.25) is 0 Å². The van der Waals surface area contributed by atoms with E-state index in [0.717, 1.165) is 5.69 Å². The number of benzene rings is 1. The number of hydrogen-bond acceptors (Lipinski definition) is 3. The molecule has 1 aromatic carbocycles. The molecule has 1 aromatic heterocycles. The second-order valence-corrected chi connectivity index (χ2v) is 3.03. The van der Waals surface area contributed by atoms with E-state index in [1.807, 2.05) is 30.3 Å². The van der Waals surface area contributed by atoms with E-state index in [4.69, 9.17) is 5.11 Å². The third kappa shape index (κ3) is 2.19. The number of rotatable bonds is 3. The maximum absolute atomic E-state index is 10.4. The largest absolute Gasteiger partial charge is 0.481 e. The van der Waals surface area contributed by atoms with Gasteiger partial charge in [0.1, 0.15) is 0 Å². The van der Waals surface area contributed by atoms with Gasteiger partial charge in [-0.1, -0.05) is 18.2 Å². The molecule has 5 heteroatoms. The van der Waals surface area contributed by atoms with Crippen LogP contribution in [0, 0.1) is 0 Å². The summed E-state index contributed by atoms with van der Waals surface area (Å²) >= 11 is 0. The topological polar surface area (TPSA) is 68.0 Å². The summed E-state index contributed by atoms with van der Waals surface area (Å²) in [4.78, 5) is 11.9. The fourth-order valence-electron chi connectivity index (χ4n) is 1.22. The standard InChI is InChI=1S/C10H9N3O2/c14-10(15)6-8-7-11-13(12-8)9-4-2-1-3-5-9/h1-5,7H,6H2,(H,14,15).